The van der Waals surface area contributed by atoms with Gasteiger partial charge in [0.1, 0.15) is 6.04 Å². The van der Waals surface area contributed by atoms with Crippen molar-refractivity contribution in [3.63, 3.8) is 0 Å². The van der Waals surface area contributed by atoms with Crippen molar-refractivity contribution in [1.82, 2.24) is 9.62 Å². The minimum absolute atomic E-state index is 0. The van der Waals surface area contributed by atoms with Crippen LogP contribution in [0.2, 0.25) is 0 Å². The summed E-state index contributed by atoms with van der Waals surface area (Å²) in [6.45, 7) is 2.78. The number of rotatable bonds is 6. The summed E-state index contributed by atoms with van der Waals surface area (Å²) in [7, 11) is -3.97. The number of likely N-dealkylation sites (tertiary alicyclic amines) is 1. The Morgan fingerprint density at radius 1 is 1.07 bits per heavy atom. The molecule has 0 bridgehead atoms. The minimum atomic E-state index is -4.69. The predicted molar refractivity (Wildman–Crippen MR) is 101 cm³/mol. The van der Waals surface area contributed by atoms with E-state index in [0.29, 0.717) is 6.54 Å². The first-order chi connectivity index (χ1) is 12.1. The maximum absolute atomic E-state index is 13.2. The second-order valence-corrected chi connectivity index (χ2v) is 9.34. The zero-order valence-electron chi connectivity index (χ0n) is 15.2. The molecule has 2 fully saturated rings. The Kier molecular flexibility index (Phi) is 7.22. The minimum Gasteiger partial charge on any atom is -0.299 e. The molecule has 3 rings (SSSR count). The summed E-state index contributed by atoms with van der Waals surface area (Å²) in [5.41, 5.74) is 0.845. The molecule has 9 heteroatoms. The van der Waals surface area contributed by atoms with Crippen LogP contribution in [0.5, 0.6) is 0 Å². The molecule has 0 aromatic heterocycles. The van der Waals surface area contributed by atoms with Gasteiger partial charge in [-0.15, -0.1) is 12.4 Å². The van der Waals surface area contributed by atoms with Gasteiger partial charge in [-0.05, 0) is 61.7 Å². The van der Waals surface area contributed by atoms with Crippen LogP contribution >= 0.6 is 12.4 Å². The molecule has 1 aliphatic carbocycles. The molecule has 0 spiro atoms. The topological polar surface area (TPSA) is 49.4 Å². The molecule has 1 heterocycles. The number of hydrogen-bond acceptors (Lipinski definition) is 3. The number of nitrogens with one attached hydrogen (secondary N) is 1. The highest BCUT2D eigenvalue weighted by Crippen LogP contribution is 2.42. The lowest BCUT2D eigenvalue weighted by Gasteiger charge is -2.32. The van der Waals surface area contributed by atoms with Crippen molar-refractivity contribution in [3.8, 4) is 0 Å². The molecule has 1 aliphatic heterocycles. The molecule has 0 radical (unpaired) electrons. The van der Waals surface area contributed by atoms with E-state index < -0.39 is 22.2 Å². The van der Waals surface area contributed by atoms with Crippen molar-refractivity contribution in [2.75, 3.05) is 19.3 Å². The van der Waals surface area contributed by atoms with Crippen LogP contribution in [0.25, 0.3) is 0 Å². The molecule has 27 heavy (non-hydrogen) atoms. The number of alkyl halides is 3. The average molecular weight is 427 g/mol. The number of halogens is 4. The van der Waals surface area contributed by atoms with Gasteiger partial charge in [-0.1, -0.05) is 24.3 Å². The van der Waals surface area contributed by atoms with E-state index in [9.17, 15) is 21.6 Å². The molecule has 1 aromatic carbocycles. The summed E-state index contributed by atoms with van der Waals surface area (Å²) < 4.78 is 63.7. The third-order valence-electron chi connectivity index (χ3n) is 5.30. The zero-order valence-corrected chi connectivity index (χ0v) is 16.8. The van der Waals surface area contributed by atoms with E-state index >= 15 is 0 Å². The number of piperidine rings is 1. The van der Waals surface area contributed by atoms with Crippen molar-refractivity contribution in [3.05, 3.63) is 35.4 Å². The summed E-state index contributed by atoms with van der Waals surface area (Å²) >= 11 is 0. The average Bonchev–Trinajstić information content (AvgIpc) is 3.37. The first-order valence-corrected chi connectivity index (χ1v) is 10.9. The molecule has 2 aliphatic rings. The van der Waals surface area contributed by atoms with Crippen LogP contribution in [0.15, 0.2) is 24.3 Å². The Bertz CT molecular complexity index is 713. The first kappa shape index (κ1) is 22.5. The molecule has 4 nitrogen and oxygen atoms in total. The van der Waals surface area contributed by atoms with Crippen molar-refractivity contribution in [2.45, 2.75) is 44.4 Å². The van der Waals surface area contributed by atoms with Crippen LogP contribution in [0.1, 0.15) is 42.9 Å². The van der Waals surface area contributed by atoms with Crippen molar-refractivity contribution in [2.24, 2.45) is 11.8 Å². The number of sulfonamides is 1. The van der Waals surface area contributed by atoms with Gasteiger partial charge >= 0.3 is 6.18 Å². The lowest BCUT2D eigenvalue weighted by molar-refractivity contribution is -0.153. The molecule has 0 amide bonds. The molecule has 1 atom stereocenters. The first-order valence-electron chi connectivity index (χ1n) is 8.97. The van der Waals surface area contributed by atoms with Crippen LogP contribution in [0, 0.1) is 11.8 Å². The molecule has 0 unspecified atom stereocenters. The molecule has 1 saturated heterocycles. The lowest BCUT2D eigenvalue weighted by atomic mass is 9.92. The van der Waals surface area contributed by atoms with Gasteiger partial charge < -0.3 is 0 Å². The standard InChI is InChI=1S/C18H25F3N2O2S.ClH/c1-26(24,25)22-17(18(19,20)21)16-4-2-13(3-5-16)12-23-10-8-15(9-11-23)14-6-7-14;/h2-5,14-15,17,22H,6-12H2,1H3;1H/t17-;/m0./s1. The Labute approximate surface area is 165 Å². The van der Waals surface area contributed by atoms with Crippen LogP contribution in [-0.4, -0.2) is 38.8 Å². The van der Waals surface area contributed by atoms with E-state index in [4.69, 9.17) is 0 Å². The van der Waals surface area contributed by atoms with Gasteiger partial charge in [0.25, 0.3) is 0 Å². The maximum Gasteiger partial charge on any atom is 0.408 e. The molecule has 1 saturated carbocycles. The zero-order chi connectivity index (χ0) is 18.9. The smallest absolute Gasteiger partial charge is 0.299 e. The summed E-state index contributed by atoms with van der Waals surface area (Å²) in [5.74, 6) is 1.78. The quantitative estimate of drug-likeness (QED) is 0.750. The van der Waals surface area contributed by atoms with E-state index in [-0.39, 0.29) is 18.0 Å². The third-order valence-corrected chi connectivity index (χ3v) is 5.96. The number of hydrogen-bond donors (Lipinski definition) is 1. The Morgan fingerprint density at radius 2 is 1.59 bits per heavy atom. The molecule has 1 aromatic rings. The monoisotopic (exact) mass is 426 g/mol. The van der Waals surface area contributed by atoms with Gasteiger partial charge in [-0.25, -0.2) is 8.42 Å². The highest BCUT2D eigenvalue weighted by Gasteiger charge is 2.42. The second-order valence-electron chi connectivity index (χ2n) is 7.56. The fourth-order valence-electron chi connectivity index (χ4n) is 3.76. The van der Waals surface area contributed by atoms with Crippen molar-refractivity contribution < 1.29 is 21.6 Å². The van der Waals surface area contributed by atoms with Crippen molar-refractivity contribution >= 4 is 22.4 Å². The maximum atomic E-state index is 13.2. The summed E-state index contributed by atoms with van der Waals surface area (Å²) in [5, 5.41) is 0. The highest BCUT2D eigenvalue weighted by molar-refractivity contribution is 7.88. The van der Waals surface area contributed by atoms with Crippen LogP contribution in [0.3, 0.4) is 0 Å². The lowest BCUT2D eigenvalue weighted by Crippen LogP contribution is -2.37. The van der Waals surface area contributed by atoms with Crippen LogP contribution in [-0.2, 0) is 16.6 Å². The number of nitrogens with zero attached hydrogens (tertiary/aromatic N) is 1. The van der Waals surface area contributed by atoms with Crippen LogP contribution < -0.4 is 4.72 Å². The van der Waals surface area contributed by atoms with Gasteiger partial charge in [0.2, 0.25) is 10.0 Å². The Hall–Kier alpha value is -0.830. The van der Waals surface area contributed by atoms with Gasteiger partial charge in [0, 0.05) is 6.54 Å². The van der Waals surface area contributed by atoms with E-state index in [1.807, 2.05) is 0 Å². The van der Waals surface area contributed by atoms with Gasteiger partial charge in [0.05, 0.1) is 6.26 Å². The van der Waals surface area contributed by atoms with Gasteiger partial charge in [0.15, 0.2) is 0 Å². The van der Waals surface area contributed by atoms with Crippen molar-refractivity contribution in [1.29, 1.82) is 0 Å². The summed E-state index contributed by atoms with van der Waals surface area (Å²) in [4.78, 5) is 2.34. The van der Waals surface area contributed by atoms with Gasteiger partial charge in [-0.3, -0.25) is 4.90 Å². The van der Waals surface area contributed by atoms with E-state index in [0.717, 1.165) is 36.7 Å². The SMILES string of the molecule is CS(=O)(=O)N[C@@H](c1ccc(CN2CCC(C3CC3)CC2)cc1)C(F)(F)F.Cl. The molecule has 1 N–H and O–H groups in total. The van der Waals surface area contributed by atoms with Crippen LogP contribution in [0.4, 0.5) is 13.2 Å². The number of benzene rings is 1. The van der Waals surface area contributed by atoms with Gasteiger partial charge in [-0.2, -0.15) is 17.9 Å². The normalized spacial score (nSPS) is 20.9. The fraction of sp³-hybridized carbons (Fsp3) is 0.667. The summed E-state index contributed by atoms with van der Waals surface area (Å²) in [6, 6.07) is 3.82. The summed E-state index contributed by atoms with van der Waals surface area (Å²) in [6.07, 6.45) is 1.19. The Balaban J connectivity index is 0.00000261. The predicted octanol–water partition coefficient (Wildman–Crippen LogP) is 3.88. The fourth-order valence-corrected chi connectivity index (χ4v) is 4.46. The molecular formula is C18H26ClF3N2O2S. The molecule has 154 valence electrons. The largest absolute Gasteiger partial charge is 0.408 e. The third kappa shape index (κ3) is 6.62. The highest BCUT2D eigenvalue weighted by atomic mass is 35.5. The van der Waals surface area contributed by atoms with E-state index in [1.165, 1.54) is 37.8 Å². The Morgan fingerprint density at radius 3 is 2.04 bits per heavy atom. The van der Waals surface area contributed by atoms with E-state index in [2.05, 4.69) is 4.90 Å². The molecular weight excluding hydrogens is 401 g/mol. The van der Waals surface area contributed by atoms with E-state index in [1.54, 1.807) is 16.9 Å². The second kappa shape index (κ2) is 8.68.